The van der Waals surface area contributed by atoms with Gasteiger partial charge in [0.25, 0.3) is 0 Å². The number of allylic oxidation sites excluding steroid dienone is 9. The van der Waals surface area contributed by atoms with Crippen LogP contribution in [0.5, 0.6) is 0 Å². The van der Waals surface area contributed by atoms with E-state index in [-0.39, 0.29) is 6.42 Å². The van der Waals surface area contributed by atoms with E-state index >= 15 is 0 Å². The van der Waals surface area contributed by atoms with Gasteiger partial charge in [-0.2, -0.15) is 0 Å². The molecule has 0 aliphatic heterocycles. The average Bonchev–Trinajstić information content (AvgIpc) is 2.73. The van der Waals surface area contributed by atoms with Crippen molar-refractivity contribution in [2.24, 2.45) is 0 Å². The van der Waals surface area contributed by atoms with Crippen molar-refractivity contribution in [3.8, 4) is 0 Å². The Morgan fingerprint density at radius 3 is 2.87 bits per heavy atom. The first-order valence-electron chi connectivity index (χ1n) is 7.45. The fraction of sp³-hybridized carbons (Fsp3) is 0.200. The maximum absolute atomic E-state index is 14.0. The Labute approximate surface area is 136 Å². The summed E-state index contributed by atoms with van der Waals surface area (Å²) in [6.45, 7) is 5.86. The molecule has 116 valence electrons. The summed E-state index contributed by atoms with van der Waals surface area (Å²) in [4.78, 5) is 0. The van der Waals surface area contributed by atoms with E-state index in [1.165, 1.54) is 6.21 Å². The zero-order valence-electron chi connectivity index (χ0n) is 13.1. The van der Waals surface area contributed by atoms with Crippen LogP contribution < -0.4 is 0 Å². The number of hydrogen-bond acceptors (Lipinski definition) is 2. The summed E-state index contributed by atoms with van der Waals surface area (Å²) in [6.07, 6.45) is 11.0. The second kappa shape index (κ2) is 7.51. The standard InChI is InChI=1S/C20H19FN2/c1-3-6-17(18-9-4-7-14(2)19(18)13-23)15-8-5-10-20(21)16(11-15)12-22/h3-5,9,11-13,20,22-23H,2,7,10H2,1H3. The molecule has 2 aliphatic carbocycles. The fourth-order valence-corrected chi connectivity index (χ4v) is 2.54. The highest BCUT2D eigenvalue weighted by Crippen LogP contribution is 2.32. The van der Waals surface area contributed by atoms with Crippen molar-refractivity contribution in [1.29, 1.82) is 10.8 Å². The molecule has 0 bridgehead atoms. The fourth-order valence-electron chi connectivity index (χ4n) is 2.54. The van der Waals surface area contributed by atoms with Crippen molar-refractivity contribution in [2.75, 3.05) is 0 Å². The molecule has 0 aromatic carbocycles. The van der Waals surface area contributed by atoms with Gasteiger partial charge in [0.05, 0.1) is 0 Å². The summed E-state index contributed by atoms with van der Waals surface area (Å²) in [5.41, 5.74) is 10.4. The van der Waals surface area contributed by atoms with Gasteiger partial charge in [0.15, 0.2) is 0 Å². The smallest absolute Gasteiger partial charge is 0.131 e. The highest BCUT2D eigenvalue weighted by Gasteiger charge is 2.19. The first-order valence-corrected chi connectivity index (χ1v) is 7.45. The van der Waals surface area contributed by atoms with E-state index in [9.17, 15) is 4.39 Å². The van der Waals surface area contributed by atoms with Crippen LogP contribution in [-0.4, -0.2) is 18.6 Å². The largest absolute Gasteiger partial charge is 0.308 e. The second-order valence-electron chi connectivity index (χ2n) is 5.24. The minimum atomic E-state index is -1.20. The Bertz CT molecular complexity index is 774. The monoisotopic (exact) mass is 306 g/mol. The molecule has 23 heavy (non-hydrogen) atoms. The average molecular weight is 306 g/mol. The van der Waals surface area contributed by atoms with Crippen molar-refractivity contribution in [2.45, 2.75) is 25.9 Å². The Morgan fingerprint density at radius 2 is 2.22 bits per heavy atom. The molecule has 0 amide bonds. The predicted molar refractivity (Wildman–Crippen MR) is 94.0 cm³/mol. The van der Waals surface area contributed by atoms with Crippen LogP contribution in [-0.2, 0) is 0 Å². The summed E-state index contributed by atoms with van der Waals surface area (Å²) in [5, 5.41) is 15.1. The van der Waals surface area contributed by atoms with E-state index in [4.69, 9.17) is 10.8 Å². The van der Waals surface area contributed by atoms with Crippen LogP contribution in [0, 0.1) is 10.8 Å². The number of hydrogen-bond donors (Lipinski definition) is 2. The first kappa shape index (κ1) is 16.6. The van der Waals surface area contributed by atoms with Gasteiger partial charge in [-0.3, -0.25) is 0 Å². The maximum Gasteiger partial charge on any atom is 0.131 e. The SMILES string of the molecule is C=C1CC=CC(C(=C=CC)C2=C=CCC(F)C(C=N)=C2)=C1C=N. The Kier molecular flexibility index (Phi) is 5.43. The van der Waals surface area contributed by atoms with Crippen LogP contribution in [0.3, 0.4) is 0 Å². The number of alkyl halides is 1. The molecular formula is C20H19FN2. The van der Waals surface area contributed by atoms with Crippen LogP contribution in [0.4, 0.5) is 4.39 Å². The number of rotatable bonds is 4. The van der Waals surface area contributed by atoms with E-state index in [0.29, 0.717) is 17.6 Å². The lowest BCUT2D eigenvalue weighted by atomic mass is 9.86. The van der Waals surface area contributed by atoms with Crippen molar-refractivity contribution in [1.82, 2.24) is 0 Å². The molecule has 3 heteroatoms. The minimum Gasteiger partial charge on any atom is -0.308 e. The van der Waals surface area contributed by atoms with Crippen LogP contribution in [0.15, 0.2) is 81.9 Å². The third-order valence-electron chi connectivity index (χ3n) is 3.71. The van der Waals surface area contributed by atoms with Crippen molar-refractivity contribution in [3.05, 3.63) is 81.9 Å². The number of halogens is 1. The van der Waals surface area contributed by atoms with E-state index in [2.05, 4.69) is 18.0 Å². The molecule has 0 fully saturated rings. The Morgan fingerprint density at radius 1 is 1.43 bits per heavy atom. The van der Waals surface area contributed by atoms with Crippen molar-refractivity contribution >= 4 is 12.4 Å². The van der Waals surface area contributed by atoms with Crippen LogP contribution in [0.2, 0.25) is 0 Å². The predicted octanol–water partition coefficient (Wildman–Crippen LogP) is 4.95. The lowest BCUT2D eigenvalue weighted by Gasteiger charge is -2.17. The van der Waals surface area contributed by atoms with Gasteiger partial charge in [0.1, 0.15) is 6.17 Å². The maximum atomic E-state index is 14.0. The Balaban J connectivity index is 2.68. The first-order chi connectivity index (χ1) is 11.1. The summed E-state index contributed by atoms with van der Waals surface area (Å²) >= 11 is 0. The second-order valence-corrected chi connectivity index (χ2v) is 5.24. The Hall–Kier alpha value is -2.73. The van der Waals surface area contributed by atoms with Gasteiger partial charge in [-0.1, -0.05) is 18.7 Å². The van der Waals surface area contributed by atoms with Gasteiger partial charge >= 0.3 is 0 Å². The molecule has 2 N–H and O–H groups in total. The van der Waals surface area contributed by atoms with Gasteiger partial charge in [-0.05, 0) is 42.7 Å². The van der Waals surface area contributed by atoms with Crippen LogP contribution in [0.25, 0.3) is 0 Å². The summed E-state index contributed by atoms with van der Waals surface area (Å²) in [6, 6.07) is 0. The molecule has 1 unspecified atom stereocenters. The topological polar surface area (TPSA) is 47.7 Å². The van der Waals surface area contributed by atoms with Gasteiger partial charge in [-0.25, -0.2) is 4.39 Å². The van der Waals surface area contributed by atoms with Crippen molar-refractivity contribution < 1.29 is 4.39 Å². The van der Waals surface area contributed by atoms with E-state index in [1.807, 2.05) is 19.1 Å². The molecule has 0 saturated heterocycles. The molecule has 0 radical (unpaired) electrons. The normalized spacial score (nSPS) is 20.3. The molecule has 2 nitrogen and oxygen atoms in total. The molecular weight excluding hydrogens is 287 g/mol. The summed E-state index contributed by atoms with van der Waals surface area (Å²) in [7, 11) is 0. The third-order valence-corrected chi connectivity index (χ3v) is 3.71. The molecule has 0 saturated carbocycles. The highest BCUT2D eigenvalue weighted by molar-refractivity contribution is 5.88. The minimum absolute atomic E-state index is 0.201. The quantitative estimate of drug-likeness (QED) is 0.545. The van der Waals surface area contributed by atoms with Gasteiger partial charge in [0, 0.05) is 41.1 Å². The summed E-state index contributed by atoms with van der Waals surface area (Å²) in [5.74, 6) is 0. The molecule has 2 aliphatic rings. The molecule has 0 aromatic heterocycles. The van der Waals surface area contributed by atoms with Crippen molar-refractivity contribution in [3.63, 3.8) is 0 Å². The zero-order chi connectivity index (χ0) is 16.8. The molecule has 0 heterocycles. The summed E-state index contributed by atoms with van der Waals surface area (Å²) < 4.78 is 14.0. The molecule has 1 atom stereocenters. The van der Waals surface area contributed by atoms with Gasteiger partial charge in [0.2, 0.25) is 0 Å². The highest BCUT2D eigenvalue weighted by atomic mass is 19.1. The van der Waals surface area contributed by atoms with E-state index < -0.39 is 6.17 Å². The van der Waals surface area contributed by atoms with E-state index in [1.54, 1.807) is 18.2 Å². The van der Waals surface area contributed by atoms with E-state index in [0.717, 1.165) is 28.5 Å². The molecule has 2 rings (SSSR count). The third kappa shape index (κ3) is 3.54. The van der Waals surface area contributed by atoms with Gasteiger partial charge < -0.3 is 10.8 Å². The lowest BCUT2D eigenvalue weighted by Crippen LogP contribution is -2.05. The van der Waals surface area contributed by atoms with Gasteiger partial charge in [-0.15, -0.1) is 11.5 Å². The lowest BCUT2D eigenvalue weighted by molar-refractivity contribution is 0.396. The molecule has 0 aromatic rings. The van der Waals surface area contributed by atoms with Crippen LogP contribution >= 0.6 is 0 Å². The number of nitrogens with one attached hydrogen (secondary N) is 2. The van der Waals surface area contributed by atoms with Crippen LogP contribution in [0.1, 0.15) is 19.8 Å². The zero-order valence-corrected chi connectivity index (χ0v) is 13.1. The molecule has 0 spiro atoms.